The Hall–Kier alpha value is -2.96. The van der Waals surface area contributed by atoms with Gasteiger partial charge < -0.3 is 14.3 Å². The number of hydrogen-bond donors (Lipinski definition) is 1. The van der Waals surface area contributed by atoms with Crippen LogP contribution in [0.1, 0.15) is 38.0 Å². The number of rotatable bonds is 4. The molecule has 0 aliphatic heterocycles. The fourth-order valence-electron chi connectivity index (χ4n) is 4.53. The van der Waals surface area contributed by atoms with Crippen molar-refractivity contribution < 1.29 is 14.3 Å². The molecule has 3 atom stereocenters. The molecule has 5 rings (SSSR count). The molecule has 0 spiro atoms. The molecule has 0 amide bonds. The number of phenols is 1. The topological polar surface area (TPSA) is 94.2 Å². The number of benzene rings is 1. The van der Waals surface area contributed by atoms with E-state index in [1.807, 2.05) is 18.2 Å². The SMILES string of the molecule is Cc1nnc(-c2ccc(-c3ccc(OC4CC5CC[C@@H](C5)C4)nn3)c(O)c2)o1. The van der Waals surface area contributed by atoms with Crippen LogP contribution in [0.15, 0.2) is 34.7 Å². The molecule has 0 radical (unpaired) electrons. The van der Waals surface area contributed by atoms with Gasteiger partial charge in [0.25, 0.3) is 0 Å². The Labute approximate surface area is 162 Å². The number of nitrogens with zero attached hydrogens (tertiary/aromatic N) is 4. The summed E-state index contributed by atoms with van der Waals surface area (Å²) in [5, 5.41) is 26.7. The van der Waals surface area contributed by atoms with Gasteiger partial charge in [-0.25, -0.2) is 0 Å². The summed E-state index contributed by atoms with van der Waals surface area (Å²) in [5.74, 6) is 3.11. The van der Waals surface area contributed by atoms with E-state index in [2.05, 4.69) is 20.4 Å². The molecule has 7 nitrogen and oxygen atoms in total. The van der Waals surface area contributed by atoms with E-state index in [1.54, 1.807) is 19.1 Å². The molecule has 2 fully saturated rings. The highest BCUT2D eigenvalue weighted by Gasteiger charge is 2.35. The van der Waals surface area contributed by atoms with E-state index in [-0.39, 0.29) is 11.9 Å². The van der Waals surface area contributed by atoms with Crippen LogP contribution in [0.25, 0.3) is 22.7 Å². The van der Waals surface area contributed by atoms with Gasteiger partial charge in [0.05, 0.1) is 5.69 Å². The van der Waals surface area contributed by atoms with E-state index in [9.17, 15) is 5.11 Å². The van der Waals surface area contributed by atoms with Crippen LogP contribution in [0.2, 0.25) is 0 Å². The van der Waals surface area contributed by atoms with Crippen molar-refractivity contribution in [1.29, 1.82) is 0 Å². The summed E-state index contributed by atoms with van der Waals surface area (Å²) < 4.78 is 11.5. The summed E-state index contributed by atoms with van der Waals surface area (Å²) in [4.78, 5) is 0. The minimum atomic E-state index is 0.0835. The lowest BCUT2D eigenvalue weighted by Gasteiger charge is -2.27. The molecule has 3 aromatic rings. The van der Waals surface area contributed by atoms with Crippen molar-refractivity contribution in [3.8, 4) is 34.3 Å². The lowest BCUT2D eigenvalue weighted by molar-refractivity contribution is 0.113. The molecule has 2 heterocycles. The minimum absolute atomic E-state index is 0.0835. The molecule has 1 N–H and O–H groups in total. The zero-order valence-corrected chi connectivity index (χ0v) is 15.7. The molecule has 2 saturated carbocycles. The Balaban J connectivity index is 1.31. The van der Waals surface area contributed by atoms with Crippen LogP contribution in [0, 0.1) is 18.8 Å². The predicted octanol–water partition coefficient (Wildman–Crippen LogP) is 4.17. The normalized spacial score (nSPS) is 23.7. The van der Waals surface area contributed by atoms with Gasteiger partial charge in [-0.1, -0.05) is 12.8 Å². The van der Waals surface area contributed by atoms with Gasteiger partial charge in [-0.3, -0.25) is 0 Å². The Bertz CT molecular complexity index is 974. The van der Waals surface area contributed by atoms with Crippen molar-refractivity contribution >= 4 is 0 Å². The third-order valence-corrected chi connectivity index (χ3v) is 5.82. The third-order valence-electron chi connectivity index (χ3n) is 5.82. The molecule has 28 heavy (non-hydrogen) atoms. The van der Waals surface area contributed by atoms with E-state index in [0.717, 1.165) is 24.7 Å². The maximum Gasteiger partial charge on any atom is 0.247 e. The third kappa shape index (κ3) is 3.32. The first kappa shape index (κ1) is 17.2. The second-order valence-corrected chi connectivity index (χ2v) is 7.87. The van der Waals surface area contributed by atoms with E-state index >= 15 is 0 Å². The lowest BCUT2D eigenvalue weighted by atomic mass is 9.87. The van der Waals surface area contributed by atoms with E-state index in [4.69, 9.17) is 9.15 Å². The quantitative estimate of drug-likeness (QED) is 0.728. The number of hydrogen-bond acceptors (Lipinski definition) is 7. The van der Waals surface area contributed by atoms with Gasteiger partial charge in [0.2, 0.25) is 17.7 Å². The Morgan fingerprint density at radius 2 is 1.79 bits per heavy atom. The maximum atomic E-state index is 10.4. The second-order valence-electron chi connectivity index (χ2n) is 7.87. The van der Waals surface area contributed by atoms with Gasteiger partial charge in [0, 0.05) is 24.1 Å². The molecule has 1 aromatic carbocycles. The van der Waals surface area contributed by atoms with Crippen molar-refractivity contribution in [1.82, 2.24) is 20.4 Å². The first-order chi connectivity index (χ1) is 13.6. The number of aromatic hydroxyl groups is 1. The fourth-order valence-corrected chi connectivity index (χ4v) is 4.53. The average molecular weight is 378 g/mol. The number of phenolic OH excluding ortho intramolecular Hbond substituents is 1. The van der Waals surface area contributed by atoms with E-state index < -0.39 is 0 Å². The van der Waals surface area contributed by atoms with Crippen molar-refractivity contribution in [2.75, 3.05) is 0 Å². The highest BCUT2D eigenvalue weighted by atomic mass is 16.5. The molecule has 2 aliphatic rings. The Kier molecular flexibility index (Phi) is 4.22. The minimum Gasteiger partial charge on any atom is -0.507 e. The van der Waals surface area contributed by atoms with Crippen LogP contribution >= 0.6 is 0 Å². The van der Waals surface area contributed by atoms with Gasteiger partial charge in [0.1, 0.15) is 11.9 Å². The molecule has 2 aromatic heterocycles. The molecular weight excluding hydrogens is 356 g/mol. The van der Waals surface area contributed by atoms with Crippen LogP contribution in [-0.4, -0.2) is 31.6 Å². The van der Waals surface area contributed by atoms with E-state index in [0.29, 0.717) is 34.5 Å². The number of fused-ring (bicyclic) bond motifs is 2. The Morgan fingerprint density at radius 3 is 2.43 bits per heavy atom. The highest BCUT2D eigenvalue weighted by molar-refractivity contribution is 5.71. The number of ether oxygens (including phenoxy) is 1. The Morgan fingerprint density at radius 1 is 0.964 bits per heavy atom. The summed E-state index contributed by atoms with van der Waals surface area (Å²) in [6, 6.07) is 8.82. The summed E-state index contributed by atoms with van der Waals surface area (Å²) in [6.45, 7) is 1.72. The second kappa shape index (κ2) is 6.89. The first-order valence-electron chi connectivity index (χ1n) is 9.78. The van der Waals surface area contributed by atoms with Gasteiger partial charge in [-0.2, -0.15) is 0 Å². The average Bonchev–Trinajstić information content (AvgIpc) is 3.27. The molecule has 2 aliphatic carbocycles. The summed E-state index contributed by atoms with van der Waals surface area (Å²) in [7, 11) is 0. The summed E-state index contributed by atoms with van der Waals surface area (Å²) in [6.07, 6.45) is 6.54. The van der Waals surface area contributed by atoms with Crippen LogP contribution in [0.4, 0.5) is 0 Å². The number of aryl methyl sites for hydroxylation is 1. The smallest absolute Gasteiger partial charge is 0.247 e. The summed E-state index contributed by atoms with van der Waals surface area (Å²) in [5.41, 5.74) is 1.83. The van der Waals surface area contributed by atoms with Crippen LogP contribution < -0.4 is 4.74 Å². The van der Waals surface area contributed by atoms with Crippen molar-refractivity contribution in [3.05, 3.63) is 36.2 Å². The molecule has 2 bridgehead atoms. The lowest BCUT2D eigenvalue weighted by Crippen LogP contribution is -2.26. The van der Waals surface area contributed by atoms with Crippen LogP contribution in [0.3, 0.4) is 0 Å². The fraction of sp³-hybridized carbons (Fsp3) is 0.429. The molecule has 144 valence electrons. The largest absolute Gasteiger partial charge is 0.507 e. The zero-order chi connectivity index (χ0) is 19.1. The van der Waals surface area contributed by atoms with Crippen molar-refractivity contribution in [2.24, 2.45) is 11.8 Å². The molecule has 2 unspecified atom stereocenters. The predicted molar refractivity (Wildman–Crippen MR) is 102 cm³/mol. The monoisotopic (exact) mass is 378 g/mol. The van der Waals surface area contributed by atoms with Crippen LogP contribution in [-0.2, 0) is 0 Å². The maximum absolute atomic E-state index is 10.4. The van der Waals surface area contributed by atoms with Crippen LogP contribution in [0.5, 0.6) is 11.6 Å². The summed E-state index contributed by atoms with van der Waals surface area (Å²) >= 11 is 0. The van der Waals surface area contributed by atoms with Gasteiger partial charge in [0.15, 0.2) is 0 Å². The number of aromatic nitrogens is 4. The van der Waals surface area contributed by atoms with Gasteiger partial charge in [-0.15, -0.1) is 20.4 Å². The molecular formula is C21H22N4O3. The van der Waals surface area contributed by atoms with Crippen molar-refractivity contribution in [3.63, 3.8) is 0 Å². The molecule has 0 saturated heterocycles. The highest BCUT2D eigenvalue weighted by Crippen LogP contribution is 2.43. The zero-order valence-electron chi connectivity index (χ0n) is 15.7. The molecule has 7 heteroatoms. The van der Waals surface area contributed by atoms with E-state index in [1.165, 1.54) is 19.3 Å². The van der Waals surface area contributed by atoms with Gasteiger partial charge >= 0.3 is 0 Å². The van der Waals surface area contributed by atoms with Crippen molar-refractivity contribution in [2.45, 2.75) is 45.1 Å². The van der Waals surface area contributed by atoms with Gasteiger partial charge in [-0.05, 0) is 55.4 Å². The first-order valence-corrected chi connectivity index (χ1v) is 9.78. The standard InChI is InChI=1S/C21H22N4O3/c1-12-22-25-21(27-12)15-4-5-17(19(26)11-15)18-6-7-20(24-23-18)28-16-9-13-2-3-14(8-13)10-16/h4-7,11,13-14,16,26H,2-3,8-10H2,1H3/t13-,14?,16?/m0/s1.